The number of aryl methyl sites for hydroxylation is 1. The van der Waals surface area contributed by atoms with Crippen LogP contribution in [0.5, 0.6) is 0 Å². The Bertz CT molecular complexity index is 1160. The van der Waals surface area contributed by atoms with E-state index in [1.165, 1.54) is 16.2 Å². The highest BCUT2D eigenvalue weighted by Crippen LogP contribution is 2.51. The minimum Gasteiger partial charge on any atom is -0.384 e. The molecule has 0 radical (unpaired) electrons. The topological polar surface area (TPSA) is 98.8 Å². The lowest BCUT2D eigenvalue weighted by molar-refractivity contribution is -0.118. The number of anilines is 1. The van der Waals surface area contributed by atoms with Crippen LogP contribution in [0.1, 0.15) is 49.3 Å². The second kappa shape index (κ2) is 7.20. The number of aromatic amines is 1. The quantitative estimate of drug-likeness (QED) is 0.663. The van der Waals surface area contributed by atoms with Crippen molar-refractivity contribution >= 4 is 45.8 Å². The number of hydrogen-bond acceptors (Lipinski definition) is 8. The standard InChI is InChI=1S/C20H21N5OS3/c1-4-10-5-6-14(28-10)15-11(9-21)17(22)25(18-23-24-19(27)29-18)12-7-20(2,3)8-13(26)16(12)15/h5-6,15H,4,7-8,22H2,1-3H3,(H,24,27). The number of thiophene rings is 1. The molecule has 1 aliphatic heterocycles. The zero-order chi connectivity index (χ0) is 20.9. The van der Waals surface area contributed by atoms with Crippen LogP contribution in [0.3, 0.4) is 0 Å². The van der Waals surface area contributed by atoms with Crippen LogP contribution in [0.2, 0.25) is 0 Å². The lowest BCUT2D eigenvalue weighted by Gasteiger charge is -2.42. The van der Waals surface area contributed by atoms with Crippen LogP contribution < -0.4 is 10.6 Å². The normalized spacial score (nSPS) is 21.4. The third-order valence-electron chi connectivity index (χ3n) is 5.31. The molecule has 0 amide bonds. The van der Waals surface area contributed by atoms with Gasteiger partial charge in [0.15, 0.2) is 9.74 Å². The van der Waals surface area contributed by atoms with Crippen molar-refractivity contribution in [3.8, 4) is 6.07 Å². The first-order valence-corrected chi connectivity index (χ1v) is 11.4. The van der Waals surface area contributed by atoms with Crippen molar-refractivity contribution in [2.24, 2.45) is 11.1 Å². The summed E-state index contributed by atoms with van der Waals surface area (Å²) in [6, 6.07) is 6.37. The highest BCUT2D eigenvalue weighted by atomic mass is 32.1. The van der Waals surface area contributed by atoms with Crippen LogP contribution in [0.25, 0.3) is 0 Å². The van der Waals surface area contributed by atoms with E-state index in [4.69, 9.17) is 18.0 Å². The third-order valence-corrected chi connectivity index (χ3v) is 7.68. The molecule has 0 saturated carbocycles. The Morgan fingerprint density at radius 3 is 2.76 bits per heavy atom. The number of aromatic nitrogens is 2. The lowest BCUT2D eigenvalue weighted by atomic mass is 9.70. The number of rotatable bonds is 3. The smallest absolute Gasteiger partial charge is 0.216 e. The zero-order valence-electron chi connectivity index (χ0n) is 16.4. The Kier molecular flexibility index (Phi) is 4.97. The van der Waals surface area contributed by atoms with Crippen molar-refractivity contribution in [2.45, 2.75) is 46.0 Å². The summed E-state index contributed by atoms with van der Waals surface area (Å²) < 4.78 is 0.517. The molecule has 6 nitrogen and oxygen atoms in total. The Labute approximate surface area is 182 Å². The first kappa shape index (κ1) is 20.0. The molecule has 0 spiro atoms. The number of nitrogens with zero attached hydrogens (tertiary/aromatic N) is 3. The molecule has 2 aromatic rings. The van der Waals surface area contributed by atoms with E-state index in [9.17, 15) is 10.1 Å². The molecule has 1 atom stereocenters. The summed E-state index contributed by atoms with van der Waals surface area (Å²) in [6.07, 6.45) is 2.02. The van der Waals surface area contributed by atoms with Gasteiger partial charge in [0.2, 0.25) is 5.13 Å². The van der Waals surface area contributed by atoms with Gasteiger partial charge >= 0.3 is 0 Å². The van der Waals surface area contributed by atoms with Crippen molar-refractivity contribution in [3.05, 3.63) is 48.5 Å². The third kappa shape index (κ3) is 3.35. The molecule has 0 saturated heterocycles. The van der Waals surface area contributed by atoms with E-state index >= 15 is 0 Å². The summed E-state index contributed by atoms with van der Waals surface area (Å²) in [5, 5.41) is 17.6. The number of nitrogens with two attached hydrogens (primary N) is 1. The van der Waals surface area contributed by atoms with Crippen molar-refractivity contribution in [1.82, 2.24) is 10.2 Å². The number of carbonyl (C=O) groups is 1. The molecule has 3 N–H and O–H groups in total. The zero-order valence-corrected chi connectivity index (χ0v) is 18.9. The summed E-state index contributed by atoms with van der Waals surface area (Å²) in [5.41, 5.74) is 8.23. The fourth-order valence-corrected chi connectivity index (χ4v) is 6.06. The number of Topliss-reactive ketones (excluding diaryl/α,β-unsaturated/α-hetero) is 1. The molecule has 150 valence electrons. The van der Waals surface area contributed by atoms with Gasteiger partial charge in [-0.1, -0.05) is 32.1 Å². The second-order valence-corrected chi connectivity index (χ2v) is 10.9. The predicted octanol–water partition coefficient (Wildman–Crippen LogP) is 4.77. The Hall–Kier alpha value is -2.28. The first-order chi connectivity index (χ1) is 13.8. The molecular formula is C20H21N5OS3. The van der Waals surface area contributed by atoms with Gasteiger partial charge in [0, 0.05) is 27.4 Å². The minimum atomic E-state index is -0.424. The van der Waals surface area contributed by atoms with E-state index in [0.717, 1.165) is 17.0 Å². The van der Waals surface area contributed by atoms with Crippen LogP contribution in [-0.4, -0.2) is 16.0 Å². The summed E-state index contributed by atoms with van der Waals surface area (Å²) in [4.78, 5) is 17.3. The average Bonchev–Trinajstić information content (AvgIpc) is 3.28. The van der Waals surface area contributed by atoms with E-state index in [2.05, 4.69) is 43.1 Å². The highest BCUT2D eigenvalue weighted by Gasteiger charge is 2.45. The van der Waals surface area contributed by atoms with E-state index in [1.807, 2.05) is 6.07 Å². The van der Waals surface area contributed by atoms with Crippen LogP contribution in [0, 0.1) is 20.7 Å². The van der Waals surface area contributed by atoms with Gasteiger partial charge in [-0.3, -0.25) is 14.8 Å². The molecule has 1 unspecified atom stereocenters. The molecule has 0 aromatic carbocycles. The molecule has 0 fully saturated rings. The average molecular weight is 444 g/mol. The largest absolute Gasteiger partial charge is 0.384 e. The van der Waals surface area contributed by atoms with Crippen molar-refractivity contribution in [2.75, 3.05) is 4.90 Å². The second-order valence-electron chi connectivity index (χ2n) is 8.03. The SMILES string of the molecule is CCc1ccc(C2C(C#N)=C(N)N(c3n[nH]c(=S)s3)C3=C2C(=O)CC(C)(C)C3)s1. The van der Waals surface area contributed by atoms with Crippen molar-refractivity contribution in [1.29, 1.82) is 5.26 Å². The van der Waals surface area contributed by atoms with Gasteiger partial charge < -0.3 is 5.73 Å². The molecule has 1 aliphatic carbocycles. The molecular weight excluding hydrogens is 422 g/mol. The van der Waals surface area contributed by atoms with Crippen molar-refractivity contribution < 1.29 is 4.79 Å². The first-order valence-electron chi connectivity index (χ1n) is 9.36. The number of nitriles is 1. The molecule has 0 bridgehead atoms. The van der Waals surface area contributed by atoms with E-state index in [0.29, 0.717) is 38.9 Å². The monoisotopic (exact) mass is 443 g/mol. The van der Waals surface area contributed by atoms with Crippen LogP contribution >= 0.6 is 34.9 Å². The van der Waals surface area contributed by atoms with Gasteiger partial charge in [-0.05, 0) is 42.6 Å². The number of hydrogen-bond donors (Lipinski definition) is 2. The number of carbonyl (C=O) groups excluding carboxylic acids is 1. The fraction of sp³-hybridized carbons (Fsp3) is 0.400. The predicted molar refractivity (Wildman–Crippen MR) is 118 cm³/mol. The van der Waals surface area contributed by atoms with Gasteiger partial charge in [-0.15, -0.1) is 16.4 Å². The summed E-state index contributed by atoms with van der Waals surface area (Å²) in [6.45, 7) is 6.25. The number of H-pyrrole nitrogens is 1. The number of ketones is 1. The van der Waals surface area contributed by atoms with Crippen LogP contribution in [0.4, 0.5) is 5.13 Å². The Morgan fingerprint density at radius 1 is 1.41 bits per heavy atom. The number of allylic oxidation sites excluding steroid dienone is 3. The summed E-state index contributed by atoms with van der Waals surface area (Å²) in [7, 11) is 0. The maximum atomic E-state index is 13.4. The van der Waals surface area contributed by atoms with Gasteiger partial charge in [0.25, 0.3) is 0 Å². The van der Waals surface area contributed by atoms with Crippen LogP contribution in [-0.2, 0) is 11.2 Å². The maximum Gasteiger partial charge on any atom is 0.216 e. The highest BCUT2D eigenvalue weighted by molar-refractivity contribution is 7.73. The van der Waals surface area contributed by atoms with E-state index in [1.54, 1.807) is 16.2 Å². The summed E-state index contributed by atoms with van der Waals surface area (Å²) in [5.74, 6) is -0.0323. The molecule has 9 heteroatoms. The number of nitrogens with one attached hydrogen (secondary N) is 1. The van der Waals surface area contributed by atoms with Crippen molar-refractivity contribution in [3.63, 3.8) is 0 Å². The molecule has 3 heterocycles. The molecule has 2 aliphatic rings. The van der Waals surface area contributed by atoms with Crippen LogP contribution in [0.15, 0.2) is 34.8 Å². The van der Waals surface area contributed by atoms with Gasteiger partial charge in [-0.25, -0.2) is 0 Å². The Morgan fingerprint density at radius 2 is 2.17 bits per heavy atom. The van der Waals surface area contributed by atoms with E-state index in [-0.39, 0.29) is 11.2 Å². The molecule has 4 rings (SSSR count). The van der Waals surface area contributed by atoms with E-state index < -0.39 is 5.92 Å². The maximum absolute atomic E-state index is 13.4. The van der Waals surface area contributed by atoms with Gasteiger partial charge in [0.05, 0.1) is 17.6 Å². The Balaban J connectivity index is 1.99. The minimum absolute atomic E-state index is 0.0667. The van der Waals surface area contributed by atoms with Gasteiger partial charge in [-0.2, -0.15) is 5.26 Å². The fourth-order valence-electron chi connectivity index (χ4n) is 4.07. The molecule has 29 heavy (non-hydrogen) atoms. The summed E-state index contributed by atoms with van der Waals surface area (Å²) >= 11 is 8.12. The van der Waals surface area contributed by atoms with Gasteiger partial charge in [0.1, 0.15) is 5.82 Å². The molecule has 2 aromatic heterocycles. The lowest BCUT2D eigenvalue weighted by Crippen LogP contribution is -2.42.